The Morgan fingerprint density at radius 2 is 2.10 bits per heavy atom. The summed E-state index contributed by atoms with van der Waals surface area (Å²) >= 11 is 1.91. The first kappa shape index (κ1) is 10.3. The molecule has 0 heterocycles. The van der Waals surface area contributed by atoms with E-state index in [0.717, 1.165) is 19.6 Å². The lowest BCUT2D eigenvalue weighted by atomic mass is 10.3. The van der Waals surface area contributed by atoms with Crippen LogP contribution in [0.4, 0.5) is 0 Å². The largest absolute Gasteiger partial charge is 0.329 e. The van der Waals surface area contributed by atoms with Gasteiger partial charge in [0.15, 0.2) is 0 Å². The molecule has 0 saturated carbocycles. The van der Waals surface area contributed by atoms with Crippen molar-refractivity contribution < 1.29 is 0 Å². The fraction of sp³-hybridized carbons (Fsp3) is 1.00. The van der Waals surface area contributed by atoms with Crippen molar-refractivity contribution in [3.63, 3.8) is 0 Å². The van der Waals surface area contributed by atoms with Crippen LogP contribution in [0.15, 0.2) is 0 Å². The molecule has 0 radical (unpaired) electrons. The molecular formula is C7H18N2S. The fourth-order valence-corrected chi connectivity index (χ4v) is 1.22. The van der Waals surface area contributed by atoms with Crippen molar-refractivity contribution in [1.82, 2.24) is 5.32 Å². The van der Waals surface area contributed by atoms with E-state index >= 15 is 0 Å². The lowest BCUT2D eigenvalue weighted by Crippen LogP contribution is -2.23. The summed E-state index contributed by atoms with van der Waals surface area (Å²) in [5.74, 6) is 1.28. The molecule has 0 saturated heterocycles. The zero-order valence-electron chi connectivity index (χ0n) is 6.73. The van der Waals surface area contributed by atoms with Gasteiger partial charge < -0.3 is 11.1 Å². The van der Waals surface area contributed by atoms with Crippen LogP contribution in [0.25, 0.3) is 0 Å². The van der Waals surface area contributed by atoms with E-state index in [-0.39, 0.29) is 0 Å². The molecule has 10 heavy (non-hydrogen) atoms. The van der Waals surface area contributed by atoms with E-state index in [1.807, 2.05) is 11.8 Å². The van der Waals surface area contributed by atoms with Gasteiger partial charge in [0, 0.05) is 13.1 Å². The Labute approximate surface area is 67.9 Å². The van der Waals surface area contributed by atoms with Gasteiger partial charge in [-0.2, -0.15) is 11.8 Å². The molecule has 3 N–H and O–H groups in total. The van der Waals surface area contributed by atoms with Crippen molar-refractivity contribution >= 4 is 11.8 Å². The molecule has 0 aromatic heterocycles. The second-order valence-electron chi connectivity index (χ2n) is 2.24. The Morgan fingerprint density at radius 3 is 2.70 bits per heavy atom. The zero-order chi connectivity index (χ0) is 7.66. The molecule has 2 nitrogen and oxygen atoms in total. The van der Waals surface area contributed by atoms with Crippen LogP contribution in [-0.2, 0) is 0 Å². The molecule has 0 rings (SSSR count). The smallest absolute Gasteiger partial charge is 0.00745 e. The third-order valence-electron chi connectivity index (χ3n) is 1.27. The van der Waals surface area contributed by atoms with Gasteiger partial charge >= 0.3 is 0 Å². The van der Waals surface area contributed by atoms with Crippen molar-refractivity contribution in [2.45, 2.75) is 12.8 Å². The molecule has 0 spiro atoms. The van der Waals surface area contributed by atoms with Crippen molar-refractivity contribution in [3.05, 3.63) is 0 Å². The first-order chi connectivity index (χ1) is 4.91. The molecular weight excluding hydrogens is 144 g/mol. The van der Waals surface area contributed by atoms with Gasteiger partial charge in [0.2, 0.25) is 0 Å². The van der Waals surface area contributed by atoms with E-state index in [0.29, 0.717) is 0 Å². The van der Waals surface area contributed by atoms with Gasteiger partial charge in [0.25, 0.3) is 0 Å². The van der Waals surface area contributed by atoms with E-state index < -0.39 is 0 Å². The fourth-order valence-electron chi connectivity index (χ4n) is 0.723. The first-order valence-corrected chi connectivity index (χ1v) is 5.21. The van der Waals surface area contributed by atoms with Crippen LogP contribution < -0.4 is 11.1 Å². The quantitative estimate of drug-likeness (QED) is 0.541. The Morgan fingerprint density at radius 1 is 1.30 bits per heavy atom. The minimum Gasteiger partial charge on any atom is -0.329 e. The number of nitrogens with one attached hydrogen (secondary N) is 1. The van der Waals surface area contributed by atoms with Gasteiger partial charge in [0.1, 0.15) is 0 Å². The summed E-state index contributed by atoms with van der Waals surface area (Å²) in [6.07, 6.45) is 4.74. The Kier molecular flexibility index (Phi) is 9.52. The third-order valence-corrected chi connectivity index (χ3v) is 1.97. The van der Waals surface area contributed by atoms with E-state index in [1.165, 1.54) is 18.6 Å². The van der Waals surface area contributed by atoms with E-state index in [4.69, 9.17) is 5.73 Å². The van der Waals surface area contributed by atoms with Crippen LogP contribution in [0.3, 0.4) is 0 Å². The van der Waals surface area contributed by atoms with Crippen LogP contribution in [0.2, 0.25) is 0 Å². The predicted molar refractivity (Wildman–Crippen MR) is 49.5 cm³/mol. The van der Waals surface area contributed by atoms with Gasteiger partial charge in [-0.05, 0) is 31.4 Å². The third kappa shape index (κ3) is 8.27. The van der Waals surface area contributed by atoms with Gasteiger partial charge in [0.05, 0.1) is 0 Å². The molecule has 0 amide bonds. The molecule has 62 valence electrons. The first-order valence-electron chi connectivity index (χ1n) is 3.81. The summed E-state index contributed by atoms with van der Waals surface area (Å²) in [5, 5.41) is 3.26. The molecule has 0 aliphatic rings. The maximum atomic E-state index is 5.30. The highest BCUT2D eigenvalue weighted by molar-refractivity contribution is 7.98. The Balaban J connectivity index is 2.65. The number of hydrogen-bond acceptors (Lipinski definition) is 3. The second-order valence-corrected chi connectivity index (χ2v) is 3.22. The molecule has 0 bridgehead atoms. The van der Waals surface area contributed by atoms with Crippen LogP contribution in [0.1, 0.15) is 12.8 Å². The van der Waals surface area contributed by atoms with Crippen LogP contribution in [0, 0.1) is 0 Å². The van der Waals surface area contributed by atoms with Gasteiger partial charge in [-0.25, -0.2) is 0 Å². The highest BCUT2D eigenvalue weighted by Gasteiger charge is 1.86. The second kappa shape index (κ2) is 9.27. The lowest BCUT2D eigenvalue weighted by molar-refractivity contribution is 0.648. The van der Waals surface area contributed by atoms with Gasteiger partial charge in [-0.15, -0.1) is 0 Å². The summed E-state index contributed by atoms with van der Waals surface area (Å²) in [6, 6.07) is 0. The average Bonchev–Trinajstić information content (AvgIpc) is 1.97. The maximum absolute atomic E-state index is 5.30. The number of hydrogen-bond donors (Lipinski definition) is 2. The molecule has 0 aliphatic carbocycles. The number of unbranched alkanes of at least 4 members (excludes halogenated alkanes) is 1. The average molecular weight is 162 g/mol. The number of nitrogens with two attached hydrogens (primary N) is 1. The minimum atomic E-state index is 0.753. The normalized spacial score (nSPS) is 10.2. The maximum Gasteiger partial charge on any atom is 0.00745 e. The van der Waals surface area contributed by atoms with E-state index in [1.54, 1.807) is 0 Å². The van der Waals surface area contributed by atoms with Crippen molar-refractivity contribution in [1.29, 1.82) is 0 Å². The lowest BCUT2D eigenvalue weighted by Gasteiger charge is -2.00. The minimum absolute atomic E-state index is 0.753. The summed E-state index contributed by atoms with van der Waals surface area (Å²) in [6.45, 7) is 2.83. The highest BCUT2D eigenvalue weighted by Crippen LogP contribution is 1.97. The van der Waals surface area contributed by atoms with E-state index in [2.05, 4.69) is 11.6 Å². The summed E-state index contributed by atoms with van der Waals surface area (Å²) in [5.41, 5.74) is 5.30. The summed E-state index contributed by atoms with van der Waals surface area (Å²) in [7, 11) is 0. The Hall–Kier alpha value is 0.270. The van der Waals surface area contributed by atoms with Crippen LogP contribution >= 0.6 is 11.8 Å². The monoisotopic (exact) mass is 162 g/mol. The molecule has 3 heteroatoms. The zero-order valence-corrected chi connectivity index (χ0v) is 7.54. The topological polar surface area (TPSA) is 38.0 Å². The summed E-state index contributed by atoms with van der Waals surface area (Å²) in [4.78, 5) is 0. The highest BCUT2D eigenvalue weighted by atomic mass is 32.2. The standard InChI is InChI=1S/C7H18N2S/c1-10-7-3-2-5-9-6-4-8/h9H,2-8H2,1H3. The van der Waals surface area contributed by atoms with Crippen LogP contribution in [-0.4, -0.2) is 31.6 Å². The van der Waals surface area contributed by atoms with Crippen molar-refractivity contribution in [3.8, 4) is 0 Å². The number of rotatable bonds is 7. The number of thioether (sulfide) groups is 1. The molecule has 0 unspecified atom stereocenters. The van der Waals surface area contributed by atoms with Crippen molar-refractivity contribution in [2.24, 2.45) is 5.73 Å². The molecule has 0 aromatic carbocycles. The molecule has 0 aliphatic heterocycles. The molecule has 0 fully saturated rings. The predicted octanol–water partition coefficient (Wildman–Crippen LogP) is 0.678. The SMILES string of the molecule is CSCCCCNCCN. The van der Waals surface area contributed by atoms with Gasteiger partial charge in [-0.1, -0.05) is 0 Å². The van der Waals surface area contributed by atoms with Crippen LogP contribution in [0.5, 0.6) is 0 Å². The summed E-state index contributed by atoms with van der Waals surface area (Å²) < 4.78 is 0. The molecule has 0 aromatic rings. The van der Waals surface area contributed by atoms with Crippen molar-refractivity contribution in [2.75, 3.05) is 31.6 Å². The van der Waals surface area contributed by atoms with E-state index in [9.17, 15) is 0 Å². The molecule has 0 atom stereocenters. The Bertz CT molecular complexity index is 51.6. The van der Waals surface area contributed by atoms with Gasteiger partial charge in [-0.3, -0.25) is 0 Å².